The van der Waals surface area contributed by atoms with Gasteiger partial charge < -0.3 is 9.88 Å². The predicted molar refractivity (Wildman–Crippen MR) is 82.9 cm³/mol. The van der Waals surface area contributed by atoms with E-state index in [-0.39, 0.29) is 12.4 Å². The summed E-state index contributed by atoms with van der Waals surface area (Å²) in [6.45, 7) is 4.07. The van der Waals surface area contributed by atoms with Crippen LogP contribution in [-0.4, -0.2) is 34.1 Å². The Kier molecular flexibility index (Phi) is 5.17. The van der Waals surface area contributed by atoms with Gasteiger partial charge in [0.05, 0.1) is 6.04 Å². The minimum absolute atomic E-state index is 0. The highest BCUT2D eigenvalue weighted by Crippen LogP contribution is 2.22. The zero-order valence-corrected chi connectivity index (χ0v) is 12.5. The van der Waals surface area contributed by atoms with E-state index in [0.29, 0.717) is 6.04 Å². The summed E-state index contributed by atoms with van der Waals surface area (Å²) in [7, 11) is 2.07. The van der Waals surface area contributed by atoms with Crippen LogP contribution in [-0.2, 0) is 13.6 Å². The fourth-order valence-corrected chi connectivity index (χ4v) is 2.71. The molecule has 1 aromatic carbocycles. The van der Waals surface area contributed by atoms with Gasteiger partial charge in [-0.1, -0.05) is 30.3 Å². The van der Waals surface area contributed by atoms with Crippen LogP contribution in [0.4, 0.5) is 0 Å². The molecule has 0 saturated carbocycles. The summed E-state index contributed by atoms with van der Waals surface area (Å²) in [6, 6.07) is 11.0. The number of rotatable bonds is 3. The van der Waals surface area contributed by atoms with Crippen LogP contribution in [0.5, 0.6) is 0 Å². The number of aromatic nitrogens is 2. The van der Waals surface area contributed by atoms with E-state index >= 15 is 0 Å². The van der Waals surface area contributed by atoms with Crippen molar-refractivity contribution >= 4 is 12.4 Å². The van der Waals surface area contributed by atoms with Crippen molar-refractivity contribution in [3.63, 3.8) is 0 Å². The maximum atomic E-state index is 4.51. The zero-order chi connectivity index (χ0) is 13.1. The second-order valence-corrected chi connectivity index (χ2v) is 5.07. The highest BCUT2D eigenvalue weighted by molar-refractivity contribution is 5.85. The Morgan fingerprint density at radius 1 is 1.30 bits per heavy atom. The molecule has 0 radical (unpaired) electrons. The van der Waals surface area contributed by atoms with Gasteiger partial charge in [0, 0.05) is 45.6 Å². The second-order valence-electron chi connectivity index (χ2n) is 5.07. The number of piperazine rings is 1. The van der Waals surface area contributed by atoms with E-state index in [1.54, 1.807) is 0 Å². The number of halogens is 1. The zero-order valence-electron chi connectivity index (χ0n) is 11.7. The van der Waals surface area contributed by atoms with Crippen LogP contribution >= 0.6 is 12.4 Å². The first-order valence-electron chi connectivity index (χ1n) is 6.80. The fourth-order valence-electron chi connectivity index (χ4n) is 2.71. The quantitative estimate of drug-likeness (QED) is 0.939. The molecule has 1 N–H and O–H groups in total. The molecule has 5 heteroatoms. The largest absolute Gasteiger partial charge is 0.337 e. The summed E-state index contributed by atoms with van der Waals surface area (Å²) in [5.41, 5.74) is 1.36. The Hall–Kier alpha value is -1.36. The smallest absolute Gasteiger partial charge is 0.127 e. The number of nitrogens with zero attached hydrogens (tertiary/aromatic N) is 3. The number of nitrogens with one attached hydrogen (secondary N) is 1. The monoisotopic (exact) mass is 292 g/mol. The van der Waals surface area contributed by atoms with Gasteiger partial charge >= 0.3 is 0 Å². The third-order valence-corrected chi connectivity index (χ3v) is 3.74. The van der Waals surface area contributed by atoms with Crippen molar-refractivity contribution in [1.29, 1.82) is 0 Å². The molecule has 1 fully saturated rings. The van der Waals surface area contributed by atoms with Crippen LogP contribution in [0.15, 0.2) is 42.7 Å². The first-order valence-corrected chi connectivity index (χ1v) is 6.80. The Labute approximate surface area is 126 Å². The third-order valence-electron chi connectivity index (χ3n) is 3.74. The van der Waals surface area contributed by atoms with Gasteiger partial charge in [0.25, 0.3) is 0 Å². The molecule has 1 aliphatic rings. The summed E-state index contributed by atoms with van der Waals surface area (Å²) in [5.74, 6) is 1.14. The molecule has 0 spiro atoms. The van der Waals surface area contributed by atoms with Gasteiger partial charge in [0.15, 0.2) is 0 Å². The number of hydrogen-bond donors (Lipinski definition) is 1. The third kappa shape index (κ3) is 3.20. The first-order chi connectivity index (χ1) is 9.34. The molecular formula is C15H21ClN4. The molecule has 2 heterocycles. The average molecular weight is 293 g/mol. The van der Waals surface area contributed by atoms with Gasteiger partial charge in [-0.05, 0) is 5.56 Å². The molecule has 1 saturated heterocycles. The van der Waals surface area contributed by atoms with Crippen LogP contribution in [0.25, 0.3) is 0 Å². The van der Waals surface area contributed by atoms with Crippen LogP contribution in [0.1, 0.15) is 17.4 Å². The highest BCUT2D eigenvalue weighted by atomic mass is 35.5. The van der Waals surface area contributed by atoms with Gasteiger partial charge in [0.2, 0.25) is 0 Å². The minimum Gasteiger partial charge on any atom is -0.337 e. The van der Waals surface area contributed by atoms with Crippen molar-refractivity contribution in [2.24, 2.45) is 7.05 Å². The molecule has 0 bridgehead atoms. The molecule has 108 valence electrons. The van der Waals surface area contributed by atoms with E-state index in [9.17, 15) is 0 Å². The number of hydrogen-bond acceptors (Lipinski definition) is 3. The normalized spacial score (nSPS) is 19.6. The molecule has 1 aliphatic heterocycles. The average Bonchev–Trinajstić information content (AvgIpc) is 2.87. The van der Waals surface area contributed by atoms with Gasteiger partial charge in [0.1, 0.15) is 5.82 Å². The van der Waals surface area contributed by atoms with E-state index in [1.165, 1.54) is 5.56 Å². The predicted octanol–water partition coefficient (Wildman–Crippen LogP) is 1.99. The molecule has 1 aromatic heterocycles. The number of benzene rings is 1. The topological polar surface area (TPSA) is 33.1 Å². The lowest BCUT2D eigenvalue weighted by Gasteiger charge is -2.35. The van der Waals surface area contributed by atoms with E-state index in [0.717, 1.165) is 32.0 Å². The lowest BCUT2D eigenvalue weighted by atomic mass is 10.1. The first kappa shape index (κ1) is 15.0. The van der Waals surface area contributed by atoms with Crippen molar-refractivity contribution < 1.29 is 0 Å². The molecule has 4 nitrogen and oxygen atoms in total. The summed E-state index contributed by atoms with van der Waals surface area (Å²) < 4.78 is 2.12. The van der Waals surface area contributed by atoms with Crippen LogP contribution in [0, 0.1) is 0 Å². The fraction of sp³-hybridized carbons (Fsp3) is 0.400. The molecule has 20 heavy (non-hydrogen) atoms. The van der Waals surface area contributed by atoms with Crippen molar-refractivity contribution in [3.05, 3.63) is 54.1 Å². The van der Waals surface area contributed by atoms with E-state index < -0.39 is 0 Å². The lowest BCUT2D eigenvalue weighted by molar-refractivity contribution is 0.145. The highest BCUT2D eigenvalue weighted by Gasteiger charge is 2.26. The van der Waals surface area contributed by atoms with Gasteiger partial charge in [-0.2, -0.15) is 0 Å². The van der Waals surface area contributed by atoms with Crippen LogP contribution in [0.3, 0.4) is 0 Å². The van der Waals surface area contributed by atoms with Crippen molar-refractivity contribution in [2.45, 2.75) is 12.6 Å². The summed E-state index contributed by atoms with van der Waals surface area (Å²) in [4.78, 5) is 7.02. The Bertz CT molecular complexity index is 526. The van der Waals surface area contributed by atoms with Gasteiger partial charge in [-0.3, -0.25) is 4.90 Å². The molecule has 1 unspecified atom stereocenters. The summed E-state index contributed by atoms with van der Waals surface area (Å²) in [6.07, 6.45) is 3.90. The molecule has 0 aliphatic carbocycles. The van der Waals surface area contributed by atoms with E-state index in [4.69, 9.17) is 0 Å². The molecule has 3 rings (SSSR count). The standard InChI is InChI=1S/C15H20N4.ClH/c1-18-9-8-17-15(18)14-11-16-7-10-19(14)12-13-5-3-2-4-6-13;/h2-6,8-9,14,16H,7,10-12H2,1H3;1H. The molecular weight excluding hydrogens is 272 g/mol. The van der Waals surface area contributed by atoms with Gasteiger partial charge in [-0.25, -0.2) is 4.98 Å². The second kappa shape index (κ2) is 6.88. The number of imidazole rings is 1. The summed E-state index contributed by atoms with van der Waals surface area (Å²) in [5, 5.41) is 3.47. The number of aryl methyl sites for hydroxylation is 1. The van der Waals surface area contributed by atoms with Gasteiger partial charge in [-0.15, -0.1) is 12.4 Å². The van der Waals surface area contributed by atoms with Crippen molar-refractivity contribution in [3.8, 4) is 0 Å². The maximum absolute atomic E-state index is 4.51. The maximum Gasteiger partial charge on any atom is 0.127 e. The Morgan fingerprint density at radius 3 is 2.80 bits per heavy atom. The Balaban J connectivity index is 0.00000147. The minimum atomic E-state index is 0. The molecule has 1 atom stereocenters. The molecule has 2 aromatic rings. The molecule has 0 amide bonds. The lowest BCUT2D eigenvalue weighted by Crippen LogP contribution is -2.46. The SMILES string of the molecule is Cl.Cn1ccnc1C1CNCCN1Cc1ccccc1. The van der Waals surface area contributed by atoms with E-state index in [2.05, 4.69) is 57.1 Å². The Morgan fingerprint density at radius 2 is 2.10 bits per heavy atom. The van der Waals surface area contributed by atoms with Crippen molar-refractivity contribution in [1.82, 2.24) is 19.8 Å². The van der Waals surface area contributed by atoms with Crippen molar-refractivity contribution in [2.75, 3.05) is 19.6 Å². The summed E-state index contributed by atoms with van der Waals surface area (Å²) >= 11 is 0. The van der Waals surface area contributed by atoms with Crippen LogP contribution in [0.2, 0.25) is 0 Å². The van der Waals surface area contributed by atoms with Crippen LogP contribution < -0.4 is 5.32 Å². The van der Waals surface area contributed by atoms with E-state index in [1.807, 2.05) is 12.4 Å².